The van der Waals surface area contributed by atoms with Crippen LogP contribution in [0.4, 0.5) is 0 Å². The Morgan fingerprint density at radius 3 is 2.74 bits per heavy atom. The third-order valence-electron chi connectivity index (χ3n) is 3.76. The van der Waals surface area contributed by atoms with E-state index < -0.39 is 9.84 Å². The van der Waals surface area contributed by atoms with Gasteiger partial charge in [0.05, 0.1) is 4.90 Å². The molecule has 2 aliphatic heterocycles. The van der Waals surface area contributed by atoms with Crippen molar-refractivity contribution in [3.63, 3.8) is 0 Å². The van der Waals surface area contributed by atoms with Gasteiger partial charge in [-0.2, -0.15) is 0 Å². The number of nitrogens with zero attached hydrogens (tertiary/aromatic N) is 1. The van der Waals surface area contributed by atoms with Crippen molar-refractivity contribution in [2.75, 3.05) is 26.2 Å². The fourth-order valence-electron chi connectivity index (χ4n) is 2.65. The van der Waals surface area contributed by atoms with E-state index in [1.54, 1.807) is 19.1 Å². The SMILES string of the molecule is CC1=Cc2cc(CN3CCNCC3)ccc2S1(=O)=O. The lowest BCUT2D eigenvalue weighted by Crippen LogP contribution is -2.42. The van der Waals surface area contributed by atoms with Crippen molar-refractivity contribution in [3.05, 3.63) is 34.2 Å². The van der Waals surface area contributed by atoms with E-state index in [9.17, 15) is 8.42 Å². The lowest BCUT2D eigenvalue weighted by atomic mass is 10.1. The quantitative estimate of drug-likeness (QED) is 0.884. The number of fused-ring (bicyclic) bond motifs is 1. The van der Waals surface area contributed by atoms with Crippen molar-refractivity contribution in [2.45, 2.75) is 18.4 Å². The Balaban J connectivity index is 1.85. The first-order chi connectivity index (χ1) is 9.07. The van der Waals surface area contributed by atoms with Crippen LogP contribution in [0, 0.1) is 0 Å². The summed E-state index contributed by atoms with van der Waals surface area (Å²) in [5.74, 6) is 0. The summed E-state index contributed by atoms with van der Waals surface area (Å²) in [4.78, 5) is 3.29. The number of sulfone groups is 1. The third kappa shape index (κ3) is 2.33. The van der Waals surface area contributed by atoms with E-state index in [2.05, 4.69) is 10.2 Å². The summed E-state index contributed by atoms with van der Waals surface area (Å²) in [5.41, 5.74) is 2.02. The molecule has 0 bridgehead atoms. The van der Waals surface area contributed by atoms with Crippen LogP contribution in [0.2, 0.25) is 0 Å². The molecule has 19 heavy (non-hydrogen) atoms. The zero-order chi connectivity index (χ0) is 13.5. The second-order valence-corrected chi connectivity index (χ2v) is 7.25. The number of nitrogens with one attached hydrogen (secondary N) is 1. The fourth-order valence-corrected chi connectivity index (χ4v) is 3.96. The molecule has 0 aliphatic carbocycles. The van der Waals surface area contributed by atoms with Crippen LogP contribution in [0.3, 0.4) is 0 Å². The van der Waals surface area contributed by atoms with E-state index in [4.69, 9.17) is 0 Å². The van der Waals surface area contributed by atoms with Crippen LogP contribution < -0.4 is 5.32 Å². The zero-order valence-electron chi connectivity index (χ0n) is 11.0. The molecule has 0 amide bonds. The van der Waals surface area contributed by atoms with Gasteiger partial charge >= 0.3 is 0 Å². The molecule has 0 unspecified atom stereocenters. The molecular formula is C14H18N2O2S. The van der Waals surface area contributed by atoms with Crippen LogP contribution in [0.5, 0.6) is 0 Å². The Labute approximate surface area is 114 Å². The highest BCUT2D eigenvalue weighted by molar-refractivity contribution is 7.95. The zero-order valence-corrected chi connectivity index (χ0v) is 11.8. The van der Waals surface area contributed by atoms with Crippen molar-refractivity contribution in [2.24, 2.45) is 0 Å². The van der Waals surface area contributed by atoms with Crippen molar-refractivity contribution in [1.82, 2.24) is 10.2 Å². The predicted octanol–water partition coefficient (Wildman–Crippen LogP) is 1.24. The van der Waals surface area contributed by atoms with E-state index in [1.165, 1.54) is 5.56 Å². The summed E-state index contributed by atoms with van der Waals surface area (Å²) < 4.78 is 24.0. The van der Waals surface area contributed by atoms with Crippen molar-refractivity contribution < 1.29 is 8.42 Å². The summed E-state index contributed by atoms with van der Waals surface area (Å²) in [5, 5.41) is 3.33. The number of rotatable bonds is 2. The molecule has 0 radical (unpaired) electrons. The van der Waals surface area contributed by atoms with Gasteiger partial charge in [0.2, 0.25) is 9.84 Å². The van der Waals surface area contributed by atoms with Gasteiger partial charge in [-0.1, -0.05) is 6.07 Å². The molecule has 1 aromatic rings. The number of hydrogen-bond acceptors (Lipinski definition) is 4. The number of hydrogen-bond donors (Lipinski definition) is 1. The van der Waals surface area contributed by atoms with Gasteiger partial charge in [-0.05, 0) is 36.3 Å². The van der Waals surface area contributed by atoms with Gasteiger partial charge in [0.15, 0.2) is 0 Å². The highest BCUT2D eigenvalue weighted by Gasteiger charge is 2.26. The average molecular weight is 278 g/mol. The molecule has 0 atom stereocenters. The third-order valence-corrected chi connectivity index (χ3v) is 5.68. The van der Waals surface area contributed by atoms with Gasteiger partial charge in [0.1, 0.15) is 0 Å². The van der Waals surface area contributed by atoms with Crippen LogP contribution >= 0.6 is 0 Å². The Hall–Kier alpha value is -1.17. The van der Waals surface area contributed by atoms with Crippen LogP contribution in [0.25, 0.3) is 6.08 Å². The Bertz CT molecular complexity index is 629. The highest BCUT2D eigenvalue weighted by atomic mass is 32.2. The second-order valence-electron chi connectivity index (χ2n) is 5.16. The van der Waals surface area contributed by atoms with E-state index in [0.29, 0.717) is 9.80 Å². The minimum Gasteiger partial charge on any atom is -0.314 e. The molecule has 1 saturated heterocycles. The number of benzene rings is 1. The van der Waals surface area contributed by atoms with Gasteiger partial charge in [0, 0.05) is 37.6 Å². The Morgan fingerprint density at radius 1 is 1.26 bits per heavy atom. The van der Waals surface area contributed by atoms with E-state index in [1.807, 2.05) is 12.1 Å². The van der Waals surface area contributed by atoms with Gasteiger partial charge in [0.25, 0.3) is 0 Å². The highest BCUT2D eigenvalue weighted by Crippen LogP contribution is 2.33. The molecule has 5 heteroatoms. The molecule has 1 N–H and O–H groups in total. The summed E-state index contributed by atoms with van der Waals surface area (Å²) in [7, 11) is -3.20. The molecule has 1 aromatic carbocycles. The number of piperazine rings is 1. The molecule has 0 spiro atoms. The monoisotopic (exact) mass is 278 g/mol. The molecule has 4 nitrogen and oxygen atoms in total. The Kier molecular flexibility index (Phi) is 3.20. The smallest absolute Gasteiger partial charge is 0.203 e. The Morgan fingerprint density at radius 2 is 2.00 bits per heavy atom. The molecule has 1 fully saturated rings. The lowest BCUT2D eigenvalue weighted by Gasteiger charge is -2.27. The molecule has 0 saturated carbocycles. The summed E-state index contributed by atoms with van der Waals surface area (Å²) >= 11 is 0. The van der Waals surface area contributed by atoms with Crippen molar-refractivity contribution in [1.29, 1.82) is 0 Å². The van der Waals surface area contributed by atoms with E-state index in [-0.39, 0.29) is 0 Å². The van der Waals surface area contributed by atoms with Crippen LogP contribution in [-0.4, -0.2) is 39.5 Å². The van der Waals surface area contributed by atoms with E-state index >= 15 is 0 Å². The first-order valence-electron chi connectivity index (χ1n) is 6.57. The standard InChI is InChI=1S/C14H18N2O2S/c1-11-8-13-9-12(2-3-14(13)19(11,17)18)10-16-6-4-15-5-7-16/h2-3,8-9,15H,4-7,10H2,1H3. The summed E-state index contributed by atoms with van der Waals surface area (Å²) in [6.07, 6.45) is 1.77. The minimum atomic E-state index is -3.20. The molecule has 2 aliphatic rings. The minimum absolute atomic E-state index is 0.446. The molecule has 3 rings (SSSR count). The fraction of sp³-hybridized carbons (Fsp3) is 0.429. The molecule has 2 heterocycles. The van der Waals surface area contributed by atoms with Gasteiger partial charge in [-0.15, -0.1) is 0 Å². The van der Waals surface area contributed by atoms with Crippen LogP contribution in [0.15, 0.2) is 28.0 Å². The van der Waals surface area contributed by atoms with Gasteiger partial charge < -0.3 is 5.32 Å². The normalized spacial score (nSPS) is 22.1. The second kappa shape index (κ2) is 4.74. The largest absolute Gasteiger partial charge is 0.314 e. The first kappa shape index (κ1) is 12.8. The first-order valence-corrected chi connectivity index (χ1v) is 8.05. The predicted molar refractivity (Wildman–Crippen MR) is 75.4 cm³/mol. The van der Waals surface area contributed by atoms with Crippen molar-refractivity contribution in [3.8, 4) is 0 Å². The molecule has 0 aromatic heterocycles. The molecular weight excluding hydrogens is 260 g/mol. The van der Waals surface area contributed by atoms with Crippen LogP contribution in [-0.2, 0) is 16.4 Å². The van der Waals surface area contributed by atoms with Gasteiger partial charge in [-0.25, -0.2) is 8.42 Å². The van der Waals surface area contributed by atoms with Crippen LogP contribution in [0.1, 0.15) is 18.1 Å². The van der Waals surface area contributed by atoms with E-state index in [0.717, 1.165) is 38.3 Å². The average Bonchev–Trinajstić information content (AvgIpc) is 2.61. The molecule has 102 valence electrons. The lowest BCUT2D eigenvalue weighted by molar-refractivity contribution is 0.233. The summed E-state index contributed by atoms with van der Waals surface area (Å²) in [6.45, 7) is 6.69. The maximum absolute atomic E-state index is 12.0. The summed E-state index contributed by atoms with van der Waals surface area (Å²) in [6, 6.07) is 5.69. The topological polar surface area (TPSA) is 49.4 Å². The maximum atomic E-state index is 12.0. The van der Waals surface area contributed by atoms with Crippen molar-refractivity contribution >= 4 is 15.9 Å². The maximum Gasteiger partial charge on any atom is 0.203 e. The number of allylic oxidation sites excluding steroid dienone is 1. The van der Waals surface area contributed by atoms with Gasteiger partial charge in [-0.3, -0.25) is 4.90 Å².